The molecule has 0 unspecified atom stereocenters. The van der Waals surface area contributed by atoms with Gasteiger partial charge < -0.3 is 0 Å². The molecule has 0 bridgehead atoms. The zero-order valence-electron chi connectivity index (χ0n) is 14.4. The fraction of sp³-hybridized carbons (Fsp3) is 0.0500. The Hall–Kier alpha value is -1.86. The topological polar surface area (TPSA) is 43.6 Å². The molecule has 4 rings (SSSR count). The first kappa shape index (κ1) is 19.5. The fourth-order valence-electron chi connectivity index (χ4n) is 2.66. The number of aromatic nitrogens is 4. The maximum atomic E-state index is 6.32. The quantitative estimate of drug-likeness (QED) is 0.291. The monoisotopic (exact) mass is 490 g/mol. The van der Waals surface area contributed by atoms with Gasteiger partial charge in [0.25, 0.3) is 0 Å². The third-order valence-electron chi connectivity index (χ3n) is 4.03. The summed E-state index contributed by atoms with van der Waals surface area (Å²) < 4.78 is 3.05. The van der Waals surface area contributed by atoms with Crippen molar-refractivity contribution in [3.05, 3.63) is 87.1 Å². The van der Waals surface area contributed by atoms with E-state index in [9.17, 15) is 0 Å². The zero-order valence-corrected chi connectivity index (χ0v) is 18.3. The largest absolute Gasteiger partial charge is 0.270 e. The Morgan fingerprint density at radius 1 is 0.929 bits per heavy atom. The summed E-state index contributed by atoms with van der Waals surface area (Å²) in [6, 6.07) is 17.4. The number of thioether (sulfide) groups is 1. The summed E-state index contributed by atoms with van der Waals surface area (Å²) >= 11 is 17.4. The van der Waals surface area contributed by atoms with Gasteiger partial charge >= 0.3 is 0 Å². The molecule has 0 aliphatic carbocycles. The summed E-state index contributed by atoms with van der Waals surface area (Å²) in [5, 5.41) is 10.9. The van der Waals surface area contributed by atoms with Crippen molar-refractivity contribution in [2.75, 3.05) is 0 Å². The van der Waals surface area contributed by atoms with Crippen LogP contribution in [0.5, 0.6) is 0 Å². The molecule has 8 heteroatoms. The molecule has 0 radical (unpaired) electrons. The van der Waals surface area contributed by atoms with Crippen LogP contribution in [0, 0.1) is 0 Å². The lowest BCUT2D eigenvalue weighted by Gasteiger charge is -2.11. The van der Waals surface area contributed by atoms with Gasteiger partial charge in [-0.05, 0) is 54.1 Å². The normalized spacial score (nSPS) is 11.0. The van der Waals surface area contributed by atoms with E-state index >= 15 is 0 Å². The summed E-state index contributed by atoms with van der Waals surface area (Å²) in [5.74, 6) is 1.41. The maximum Gasteiger partial charge on any atom is 0.196 e. The molecular weight excluding hydrogens is 479 g/mol. The van der Waals surface area contributed by atoms with Gasteiger partial charge in [-0.1, -0.05) is 57.0 Å². The lowest BCUT2D eigenvalue weighted by molar-refractivity contribution is 0.885. The second-order valence-corrected chi connectivity index (χ2v) is 8.58. The second kappa shape index (κ2) is 8.66. The number of halogens is 3. The van der Waals surface area contributed by atoms with Crippen LogP contribution in [0.1, 0.15) is 5.56 Å². The average molecular weight is 492 g/mol. The van der Waals surface area contributed by atoms with Crippen molar-refractivity contribution >= 4 is 50.9 Å². The Labute approximate surface area is 185 Å². The lowest BCUT2D eigenvalue weighted by atomic mass is 10.2. The molecule has 0 fully saturated rings. The molecule has 0 saturated heterocycles. The highest BCUT2D eigenvalue weighted by atomic mass is 79.9. The molecule has 0 aliphatic heterocycles. The Balaban J connectivity index is 1.72. The highest BCUT2D eigenvalue weighted by Crippen LogP contribution is 2.32. The van der Waals surface area contributed by atoms with Crippen LogP contribution >= 0.6 is 50.9 Å². The maximum absolute atomic E-state index is 6.32. The Morgan fingerprint density at radius 3 is 2.39 bits per heavy atom. The van der Waals surface area contributed by atoms with Gasteiger partial charge in [0.2, 0.25) is 0 Å². The van der Waals surface area contributed by atoms with E-state index in [-0.39, 0.29) is 0 Å². The molecule has 4 nitrogen and oxygen atoms in total. The molecule has 0 aliphatic rings. The molecular formula is C20H13BrCl2N4S. The molecule has 0 amide bonds. The summed E-state index contributed by atoms with van der Waals surface area (Å²) in [7, 11) is 0. The highest BCUT2D eigenvalue weighted by molar-refractivity contribution is 9.10. The van der Waals surface area contributed by atoms with Crippen molar-refractivity contribution in [2.45, 2.75) is 10.9 Å². The van der Waals surface area contributed by atoms with Crippen molar-refractivity contribution in [1.29, 1.82) is 0 Å². The first-order chi connectivity index (χ1) is 13.6. The van der Waals surface area contributed by atoms with Crippen LogP contribution in [-0.4, -0.2) is 19.7 Å². The number of benzene rings is 2. The molecule has 2 aromatic carbocycles. The number of pyridine rings is 1. The molecule has 2 aromatic heterocycles. The van der Waals surface area contributed by atoms with Crippen LogP contribution in [0.25, 0.3) is 17.1 Å². The van der Waals surface area contributed by atoms with Crippen molar-refractivity contribution in [2.24, 2.45) is 0 Å². The Kier molecular flexibility index (Phi) is 6.01. The Bertz CT molecular complexity index is 1100. The van der Waals surface area contributed by atoms with Crippen LogP contribution in [-0.2, 0) is 5.75 Å². The van der Waals surface area contributed by atoms with E-state index < -0.39 is 0 Å². The van der Waals surface area contributed by atoms with Crippen LogP contribution < -0.4 is 0 Å². The summed E-state index contributed by atoms with van der Waals surface area (Å²) in [6.45, 7) is 0. The van der Waals surface area contributed by atoms with E-state index in [1.165, 1.54) is 0 Å². The first-order valence-corrected chi connectivity index (χ1v) is 10.8. The van der Waals surface area contributed by atoms with Gasteiger partial charge in [-0.15, -0.1) is 10.2 Å². The summed E-state index contributed by atoms with van der Waals surface area (Å²) in [5.41, 5.74) is 2.92. The number of rotatable bonds is 5. The van der Waals surface area contributed by atoms with Gasteiger partial charge in [0.1, 0.15) is 0 Å². The van der Waals surface area contributed by atoms with Gasteiger partial charge in [0.15, 0.2) is 11.0 Å². The predicted octanol–water partition coefficient (Wildman–Crippen LogP) is 6.69. The van der Waals surface area contributed by atoms with Gasteiger partial charge in [-0.3, -0.25) is 9.55 Å². The van der Waals surface area contributed by atoms with E-state index in [1.807, 2.05) is 53.1 Å². The average Bonchev–Trinajstić information content (AvgIpc) is 3.12. The van der Waals surface area contributed by atoms with Crippen molar-refractivity contribution in [1.82, 2.24) is 19.7 Å². The molecule has 0 N–H and O–H groups in total. The van der Waals surface area contributed by atoms with E-state index in [1.54, 1.807) is 30.2 Å². The molecule has 0 atom stereocenters. The third-order valence-corrected chi connectivity index (χ3v) is 6.12. The molecule has 4 aromatic rings. The number of hydrogen-bond acceptors (Lipinski definition) is 4. The van der Waals surface area contributed by atoms with Gasteiger partial charge in [0.05, 0.1) is 0 Å². The summed E-state index contributed by atoms with van der Waals surface area (Å²) in [4.78, 5) is 4.09. The van der Waals surface area contributed by atoms with E-state index in [4.69, 9.17) is 23.2 Å². The number of hydrogen-bond donors (Lipinski definition) is 0. The van der Waals surface area contributed by atoms with Crippen LogP contribution in [0.3, 0.4) is 0 Å². The zero-order chi connectivity index (χ0) is 19.5. The molecule has 0 saturated carbocycles. The Morgan fingerprint density at radius 2 is 1.68 bits per heavy atom. The second-order valence-electron chi connectivity index (χ2n) is 5.88. The van der Waals surface area contributed by atoms with Crippen molar-refractivity contribution < 1.29 is 0 Å². The first-order valence-electron chi connectivity index (χ1n) is 8.30. The SMILES string of the molecule is Clc1ccc(CSc2nnc(-c3ccncc3)n2-c2ccc(Br)cc2)c(Cl)c1. The molecule has 0 spiro atoms. The van der Waals surface area contributed by atoms with Crippen LogP contribution in [0.15, 0.2) is 76.6 Å². The number of nitrogens with zero attached hydrogens (tertiary/aromatic N) is 4. The molecule has 2 heterocycles. The molecule has 140 valence electrons. The smallest absolute Gasteiger partial charge is 0.196 e. The van der Waals surface area contributed by atoms with Gasteiger partial charge in [0, 0.05) is 43.9 Å². The third kappa shape index (κ3) is 4.25. The standard InChI is InChI=1S/C20H13BrCl2N4S/c21-15-2-5-17(6-3-15)27-19(13-7-9-24-10-8-13)25-26-20(27)28-12-14-1-4-16(22)11-18(14)23/h1-11H,12H2. The minimum absolute atomic E-state index is 0.622. The lowest BCUT2D eigenvalue weighted by Crippen LogP contribution is -2.00. The van der Waals surface area contributed by atoms with Crippen molar-refractivity contribution in [3.63, 3.8) is 0 Å². The minimum Gasteiger partial charge on any atom is -0.270 e. The van der Waals surface area contributed by atoms with E-state index in [0.29, 0.717) is 15.8 Å². The molecule has 28 heavy (non-hydrogen) atoms. The van der Waals surface area contributed by atoms with Crippen LogP contribution in [0.2, 0.25) is 10.0 Å². The fourth-order valence-corrected chi connectivity index (χ4v) is 4.43. The predicted molar refractivity (Wildman–Crippen MR) is 118 cm³/mol. The van der Waals surface area contributed by atoms with Gasteiger partial charge in [-0.25, -0.2) is 0 Å². The highest BCUT2D eigenvalue weighted by Gasteiger charge is 2.16. The van der Waals surface area contributed by atoms with Crippen LogP contribution in [0.4, 0.5) is 0 Å². The van der Waals surface area contributed by atoms with E-state index in [0.717, 1.165) is 32.3 Å². The van der Waals surface area contributed by atoms with E-state index in [2.05, 4.69) is 31.1 Å². The van der Waals surface area contributed by atoms with Gasteiger partial charge in [-0.2, -0.15) is 0 Å². The van der Waals surface area contributed by atoms with Crippen molar-refractivity contribution in [3.8, 4) is 17.1 Å². The summed E-state index contributed by atoms with van der Waals surface area (Å²) in [6.07, 6.45) is 3.49. The minimum atomic E-state index is 0.622.